The maximum Gasteiger partial charge on any atom is 0.236 e. The van der Waals surface area contributed by atoms with E-state index in [4.69, 9.17) is 0 Å². The van der Waals surface area contributed by atoms with Gasteiger partial charge in [-0.3, -0.25) is 0 Å². The Kier molecular flexibility index (Phi) is 2.68. The van der Waals surface area contributed by atoms with Crippen molar-refractivity contribution < 1.29 is 4.39 Å². The number of halogens is 1. The molecule has 3 rings (SSSR count). The molecule has 5 heteroatoms. The maximum atomic E-state index is 13.6. The first-order valence-corrected chi connectivity index (χ1v) is 6.30. The molecule has 18 heavy (non-hydrogen) atoms. The van der Waals surface area contributed by atoms with E-state index in [1.54, 1.807) is 19.2 Å². The number of pyridine rings is 1. The summed E-state index contributed by atoms with van der Waals surface area (Å²) in [7, 11) is 1.66. The van der Waals surface area contributed by atoms with E-state index in [0.29, 0.717) is 11.4 Å². The quantitative estimate of drug-likeness (QED) is 0.715. The van der Waals surface area contributed by atoms with Gasteiger partial charge in [0.15, 0.2) is 0 Å². The minimum atomic E-state index is -0.505. The van der Waals surface area contributed by atoms with Crippen molar-refractivity contribution in [3.8, 4) is 10.7 Å². The summed E-state index contributed by atoms with van der Waals surface area (Å²) in [5, 5.41) is 3.48. The number of anilines is 1. The van der Waals surface area contributed by atoms with Gasteiger partial charge in [0.05, 0.1) is 15.9 Å². The molecule has 0 saturated carbocycles. The number of nitrogens with one attached hydrogen (secondary N) is 1. The Labute approximate surface area is 107 Å². The van der Waals surface area contributed by atoms with Crippen molar-refractivity contribution in [3.05, 3.63) is 42.3 Å². The highest BCUT2D eigenvalue weighted by molar-refractivity contribution is 7.21. The van der Waals surface area contributed by atoms with Crippen LogP contribution in [0.25, 0.3) is 20.9 Å². The molecule has 0 unspecified atom stereocenters. The number of para-hydroxylation sites is 1. The van der Waals surface area contributed by atoms with E-state index >= 15 is 0 Å². The standard InChI is InChI=1S/C13H10FN3S/c1-15-9-6-7-10(16-12(9)14)13-17-8-4-2-3-5-11(8)18-13/h2-7,15H,1H3. The van der Waals surface area contributed by atoms with Gasteiger partial charge in [-0.05, 0) is 24.3 Å². The maximum absolute atomic E-state index is 13.6. The summed E-state index contributed by atoms with van der Waals surface area (Å²) in [6.45, 7) is 0. The smallest absolute Gasteiger partial charge is 0.236 e. The van der Waals surface area contributed by atoms with Crippen molar-refractivity contribution in [2.75, 3.05) is 12.4 Å². The highest BCUT2D eigenvalue weighted by Crippen LogP contribution is 2.29. The summed E-state index contributed by atoms with van der Waals surface area (Å²) in [5.74, 6) is -0.505. The van der Waals surface area contributed by atoms with Crippen LogP contribution in [0.4, 0.5) is 10.1 Å². The topological polar surface area (TPSA) is 37.8 Å². The summed E-state index contributed by atoms with van der Waals surface area (Å²) in [6, 6.07) is 11.3. The van der Waals surface area contributed by atoms with E-state index < -0.39 is 5.95 Å². The molecule has 0 saturated heterocycles. The lowest BCUT2D eigenvalue weighted by Crippen LogP contribution is -1.96. The predicted molar refractivity (Wildman–Crippen MR) is 72.4 cm³/mol. The zero-order chi connectivity index (χ0) is 12.5. The van der Waals surface area contributed by atoms with Crippen LogP contribution in [0.15, 0.2) is 36.4 Å². The fraction of sp³-hybridized carbons (Fsp3) is 0.0769. The molecular weight excluding hydrogens is 249 g/mol. The molecule has 90 valence electrons. The third kappa shape index (κ3) is 1.82. The molecule has 3 nitrogen and oxygen atoms in total. The first kappa shape index (κ1) is 11.1. The number of thiazole rings is 1. The lowest BCUT2D eigenvalue weighted by molar-refractivity contribution is 0.589. The van der Waals surface area contributed by atoms with Crippen molar-refractivity contribution in [1.29, 1.82) is 0 Å². The minimum absolute atomic E-state index is 0.389. The Balaban J connectivity index is 2.11. The summed E-state index contributed by atoms with van der Waals surface area (Å²) in [6.07, 6.45) is 0. The van der Waals surface area contributed by atoms with Gasteiger partial charge in [0, 0.05) is 7.05 Å². The Hall–Kier alpha value is -2.01. The molecule has 0 radical (unpaired) electrons. The molecule has 0 fully saturated rings. The normalized spacial score (nSPS) is 10.8. The van der Waals surface area contributed by atoms with E-state index in [1.165, 1.54) is 11.3 Å². The SMILES string of the molecule is CNc1ccc(-c2nc3ccccc3s2)nc1F. The van der Waals surface area contributed by atoms with Crippen LogP contribution < -0.4 is 5.32 Å². The van der Waals surface area contributed by atoms with Crippen LogP contribution in [-0.4, -0.2) is 17.0 Å². The molecule has 1 N–H and O–H groups in total. The number of rotatable bonds is 2. The van der Waals surface area contributed by atoms with Crippen LogP contribution in [0.1, 0.15) is 0 Å². The first-order valence-electron chi connectivity index (χ1n) is 5.48. The van der Waals surface area contributed by atoms with Gasteiger partial charge in [0.25, 0.3) is 0 Å². The summed E-state index contributed by atoms with van der Waals surface area (Å²) in [4.78, 5) is 8.38. The van der Waals surface area contributed by atoms with E-state index in [2.05, 4.69) is 15.3 Å². The second kappa shape index (κ2) is 4.34. The molecule has 0 aliphatic rings. The molecule has 2 heterocycles. The Bertz CT molecular complexity index is 675. The van der Waals surface area contributed by atoms with Crippen molar-refractivity contribution in [3.63, 3.8) is 0 Å². The molecule has 0 aliphatic carbocycles. The van der Waals surface area contributed by atoms with E-state index in [-0.39, 0.29) is 0 Å². The molecular formula is C13H10FN3S. The number of hydrogen-bond donors (Lipinski definition) is 1. The van der Waals surface area contributed by atoms with Gasteiger partial charge < -0.3 is 5.32 Å². The average Bonchev–Trinajstić information content (AvgIpc) is 2.82. The third-order valence-electron chi connectivity index (χ3n) is 2.63. The van der Waals surface area contributed by atoms with Crippen LogP contribution in [0.3, 0.4) is 0 Å². The number of fused-ring (bicyclic) bond motifs is 1. The van der Waals surface area contributed by atoms with Crippen LogP contribution in [0.2, 0.25) is 0 Å². The van der Waals surface area contributed by atoms with E-state index in [0.717, 1.165) is 15.2 Å². The second-order valence-electron chi connectivity index (χ2n) is 3.77. The van der Waals surface area contributed by atoms with Crippen LogP contribution in [-0.2, 0) is 0 Å². The minimum Gasteiger partial charge on any atom is -0.384 e. The largest absolute Gasteiger partial charge is 0.384 e. The van der Waals surface area contributed by atoms with Crippen molar-refractivity contribution in [1.82, 2.24) is 9.97 Å². The average molecular weight is 259 g/mol. The number of hydrogen-bond acceptors (Lipinski definition) is 4. The first-order chi connectivity index (χ1) is 8.78. The van der Waals surface area contributed by atoms with Crippen LogP contribution in [0.5, 0.6) is 0 Å². The van der Waals surface area contributed by atoms with Crippen molar-refractivity contribution >= 4 is 27.2 Å². The third-order valence-corrected chi connectivity index (χ3v) is 3.69. The molecule has 0 atom stereocenters. The highest BCUT2D eigenvalue weighted by Gasteiger charge is 2.10. The highest BCUT2D eigenvalue weighted by atomic mass is 32.1. The molecule has 3 aromatic rings. The zero-order valence-corrected chi connectivity index (χ0v) is 10.5. The molecule has 0 bridgehead atoms. The molecule has 2 aromatic heterocycles. The second-order valence-corrected chi connectivity index (χ2v) is 4.80. The predicted octanol–water partition coefficient (Wildman–Crippen LogP) is 3.54. The summed E-state index contributed by atoms with van der Waals surface area (Å²) >= 11 is 1.51. The van der Waals surface area contributed by atoms with Gasteiger partial charge in [-0.15, -0.1) is 11.3 Å². The molecule has 0 aliphatic heterocycles. The van der Waals surface area contributed by atoms with Gasteiger partial charge in [-0.25, -0.2) is 9.97 Å². The fourth-order valence-corrected chi connectivity index (χ4v) is 2.66. The van der Waals surface area contributed by atoms with Crippen LogP contribution >= 0.6 is 11.3 Å². The van der Waals surface area contributed by atoms with Gasteiger partial charge >= 0.3 is 0 Å². The summed E-state index contributed by atoms with van der Waals surface area (Å²) in [5.41, 5.74) is 1.87. The number of aromatic nitrogens is 2. The molecule has 1 aromatic carbocycles. The van der Waals surface area contributed by atoms with Gasteiger partial charge in [0.2, 0.25) is 5.95 Å². The lowest BCUT2D eigenvalue weighted by Gasteiger charge is -2.01. The van der Waals surface area contributed by atoms with Crippen molar-refractivity contribution in [2.45, 2.75) is 0 Å². The Morgan fingerprint density at radius 1 is 1.11 bits per heavy atom. The molecule has 0 amide bonds. The van der Waals surface area contributed by atoms with Gasteiger partial charge in [-0.1, -0.05) is 12.1 Å². The lowest BCUT2D eigenvalue weighted by atomic mass is 10.3. The van der Waals surface area contributed by atoms with Gasteiger partial charge in [0.1, 0.15) is 10.7 Å². The van der Waals surface area contributed by atoms with Crippen molar-refractivity contribution in [2.24, 2.45) is 0 Å². The summed E-state index contributed by atoms with van der Waals surface area (Å²) < 4.78 is 14.7. The fourth-order valence-electron chi connectivity index (χ4n) is 1.72. The number of nitrogens with zero attached hydrogens (tertiary/aromatic N) is 2. The van der Waals surface area contributed by atoms with Crippen LogP contribution in [0, 0.1) is 5.95 Å². The van der Waals surface area contributed by atoms with Gasteiger partial charge in [-0.2, -0.15) is 4.39 Å². The van der Waals surface area contributed by atoms with E-state index in [9.17, 15) is 4.39 Å². The Morgan fingerprint density at radius 2 is 1.94 bits per heavy atom. The monoisotopic (exact) mass is 259 g/mol. The number of benzene rings is 1. The van der Waals surface area contributed by atoms with E-state index in [1.807, 2.05) is 24.3 Å². The molecule has 0 spiro atoms. The zero-order valence-electron chi connectivity index (χ0n) is 9.64. The Morgan fingerprint density at radius 3 is 2.67 bits per heavy atom.